The van der Waals surface area contributed by atoms with Crippen LogP contribution in [-0.4, -0.2) is 48.7 Å². The molecule has 7 heteroatoms. The van der Waals surface area contributed by atoms with Gasteiger partial charge in [-0.1, -0.05) is 6.58 Å². The van der Waals surface area contributed by atoms with Crippen molar-refractivity contribution in [2.75, 3.05) is 31.1 Å². The van der Waals surface area contributed by atoms with Crippen LogP contribution < -0.4 is 4.90 Å². The molecule has 0 aliphatic carbocycles. The zero-order valence-electron chi connectivity index (χ0n) is 14.8. The highest BCUT2D eigenvalue weighted by Crippen LogP contribution is 2.23. The number of carbonyl (C=O) groups is 2. The summed E-state index contributed by atoms with van der Waals surface area (Å²) >= 11 is 0. The molecule has 0 bridgehead atoms. The van der Waals surface area contributed by atoms with Crippen LogP contribution in [0.4, 0.5) is 14.9 Å². The number of anilines is 1. The van der Waals surface area contributed by atoms with Crippen molar-refractivity contribution in [3.63, 3.8) is 0 Å². The number of hydrogen-bond acceptors (Lipinski definition) is 5. The molecular weight excluding hydrogens is 327 g/mol. The van der Waals surface area contributed by atoms with E-state index in [1.807, 2.05) is 25.7 Å². The van der Waals surface area contributed by atoms with E-state index in [2.05, 4.69) is 11.3 Å². The average molecular weight is 350 g/mol. The molecule has 0 radical (unpaired) electrons. The fraction of sp³-hybridized carbons (Fsp3) is 0.444. The third-order valence-electron chi connectivity index (χ3n) is 3.65. The van der Waals surface area contributed by atoms with Crippen LogP contribution >= 0.6 is 0 Å². The van der Waals surface area contributed by atoms with Gasteiger partial charge in [-0.15, -0.1) is 0 Å². The van der Waals surface area contributed by atoms with Gasteiger partial charge in [-0.2, -0.15) is 0 Å². The Kier molecular flexibility index (Phi) is 5.66. The van der Waals surface area contributed by atoms with Crippen LogP contribution in [-0.2, 0) is 9.47 Å². The first kappa shape index (κ1) is 18.8. The van der Waals surface area contributed by atoms with Crippen molar-refractivity contribution in [3.8, 4) is 0 Å². The van der Waals surface area contributed by atoms with E-state index in [0.717, 1.165) is 12.3 Å². The number of hydrogen-bond donors (Lipinski definition) is 0. The molecule has 6 nitrogen and oxygen atoms in total. The number of carbonyl (C=O) groups excluding carboxylic acids is 2. The smallest absolute Gasteiger partial charge is 0.410 e. The number of halogens is 1. The lowest BCUT2D eigenvalue weighted by Crippen LogP contribution is -2.50. The fourth-order valence-corrected chi connectivity index (χ4v) is 2.49. The lowest BCUT2D eigenvalue weighted by Gasteiger charge is -2.36. The molecule has 1 fully saturated rings. The van der Waals surface area contributed by atoms with Crippen LogP contribution in [0.5, 0.6) is 0 Å². The molecule has 2 rings (SSSR count). The summed E-state index contributed by atoms with van der Waals surface area (Å²) in [6.07, 6.45) is 0.638. The minimum atomic E-state index is -0.657. The number of piperazine rings is 1. The topological polar surface area (TPSA) is 59.1 Å². The molecule has 0 atom stereocenters. The summed E-state index contributed by atoms with van der Waals surface area (Å²) < 4.78 is 24.3. The van der Waals surface area contributed by atoms with Crippen molar-refractivity contribution in [1.82, 2.24) is 4.90 Å². The largest absolute Gasteiger partial charge is 0.444 e. The third-order valence-corrected chi connectivity index (χ3v) is 3.65. The van der Waals surface area contributed by atoms with Gasteiger partial charge in [-0.3, -0.25) is 0 Å². The maximum Gasteiger partial charge on any atom is 0.410 e. The number of rotatable bonds is 3. The molecule has 1 saturated heterocycles. The van der Waals surface area contributed by atoms with E-state index < -0.39 is 17.4 Å². The Balaban J connectivity index is 2.00. The molecule has 0 aromatic heterocycles. The predicted molar refractivity (Wildman–Crippen MR) is 92.0 cm³/mol. The fourth-order valence-electron chi connectivity index (χ4n) is 2.49. The molecule has 0 spiro atoms. The number of ether oxygens (including phenoxy) is 2. The Labute approximate surface area is 146 Å². The molecule has 0 N–H and O–H groups in total. The SMILES string of the molecule is C=COC(=O)c1ccc(N2CCN(C(=O)OC(C)(C)C)CC2)c(F)c1. The van der Waals surface area contributed by atoms with Gasteiger partial charge in [-0.05, 0) is 39.0 Å². The van der Waals surface area contributed by atoms with Gasteiger partial charge in [0.15, 0.2) is 0 Å². The summed E-state index contributed by atoms with van der Waals surface area (Å²) in [5.41, 5.74) is -0.0385. The maximum atomic E-state index is 14.3. The van der Waals surface area contributed by atoms with E-state index in [4.69, 9.17) is 4.74 Å². The van der Waals surface area contributed by atoms with Gasteiger partial charge in [-0.25, -0.2) is 14.0 Å². The molecule has 1 heterocycles. The van der Waals surface area contributed by atoms with E-state index in [1.165, 1.54) is 12.1 Å². The van der Waals surface area contributed by atoms with Crippen LogP contribution in [0.15, 0.2) is 31.0 Å². The Hall–Kier alpha value is -2.57. The second kappa shape index (κ2) is 7.55. The molecule has 1 aromatic carbocycles. The zero-order valence-corrected chi connectivity index (χ0v) is 14.8. The van der Waals surface area contributed by atoms with E-state index in [9.17, 15) is 14.0 Å². The second-order valence-electron chi connectivity index (χ2n) is 6.69. The Morgan fingerprint density at radius 1 is 1.20 bits per heavy atom. The van der Waals surface area contributed by atoms with Crippen LogP contribution in [0.25, 0.3) is 0 Å². The van der Waals surface area contributed by atoms with Crippen LogP contribution in [0.1, 0.15) is 31.1 Å². The molecule has 1 aliphatic heterocycles. The van der Waals surface area contributed by atoms with E-state index >= 15 is 0 Å². The number of amides is 1. The van der Waals surface area contributed by atoms with E-state index in [-0.39, 0.29) is 11.7 Å². The molecule has 0 unspecified atom stereocenters. The van der Waals surface area contributed by atoms with Crippen molar-refractivity contribution in [2.45, 2.75) is 26.4 Å². The van der Waals surface area contributed by atoms with Gasteiger partial charge >= 0.3 is 12.1 Å². The normalized spacial score (nSPS) is 14.9. The van der Waals surface area contributed by atoms with Gasteiger partial charge in [0.25, 0.3) is 0 Å². The summed E-state index contributed by atoms with van der Waals surface area (Å²) in [5.74, 6) is -1.17. The first-order chi connectivity index (χ1) is 11.7. The first-order valence-electron chi connectivity index (χ1n) is 8.05. The molecule has 1 aliphatic rings. The Morgan fingerprint density at radius 2 is 1.84 bits per heavy atom. The number of nitrogens with zero attached hydrogens (tertiary/aromatic N) is 2. The van der Waals surface area contributed by atoms with Crippen molar-refractivity contribution in [1.29, 1.82) is 0 Å². The van der Waals surface area contributed by atoms with E-state index in [0.29, 0.717) is 31.9 Å². The molecular formula is C18H23FN2O4. The van der Waals surface area contributed by atoms with Crippen LogP contribution in [0.2, 0.25) is 0 Å². The highest BCUT2D eigenvalue weighted by Gasteiger charge is 2.27. The zero-order chi connectivity index (χ0) is 18.6. The molecule has 1 amide bonds. The second-order valence-corrected chi connectivity index (χ2v) is 6.69. The summed E-state index contributed by atoms with van der Waals surface area (Å²) in [6.45, 7) is 10.6. The first-order valence-corrected chi connectivity index (χ1v) is 8.05. The predicted octanol–water partition coefficient (Wildman–Crippen LogP) is 3.18. The van der Waals surface area contributed by atoms with Gasteiger partial charge < -0.3 is 19.3 Å². The van der Waals surface area contributed by atoms with Gasteiger partial charge in [0, 0.05) is 26.2 Å². The monoisotopic (exact) mass is 350 g/mol. The summed E-state index contributed by atoms with van der Waals surface area (Å²) in [7, 11) is 0. The number of esters is 1. The highest BCUT2D eigenvalue weighted by atomic mass is 19.1. The maximum absolute atomic E-state index is 14.3. The Bertz CT molecular complexity index is 662. The molecule has 25 heavy (non-hydrogen) atoms. The average Bonchev–Trinajstić information content (AvgIpc) is 2.53. The van der Waals surface area contributed by atoms with Crippen molar-refractivity contribution < 1.29 is 23.5 Å². The highest BCUT2D eigenvalue weighted by molar-refractivity contribution is 5.90. The number of benzene rings is 1. The lowest BCUT2D eigenvalue weighted by molar-refractivity contribution is 0.0240. The molecule has 1 aromatic rings. The summed E-state index contributed by atoms with van der Waals surface area (Å²) in [5, 5.41) is 0. The van der Waals surface area contributed by atoms with Crippen molar-refractivity contribution in [2.24, 2.45) is 0 Å². The van der Waals surface area contributed by atoms with Crippen molar-refractivity contribution in [3.05, 3.63) is 42.4 Å². The quantitative estimate of drug-likeness (QED) is 0.619. The van der Waals surface area contributed by atoms with Crippen LogP contribution in [0.3, 0.4) is 0 Å². The summed E-state index contributed by atoms with van der Waals surface area (Å²) in [6, 6.07) is 4.18. The van der Waals surface area contributed by atoms with Gasteiger partial charge in [0.2, 0.25) is 0 Å². The van der Waals surface area contributed by atoms with Gasteiger partial charge in [0.05, 0.1) is 17.5 Å². The van der Waals surface area contributed by atoms with Crippen molar-refractivity contribution >= 4 is 17.7 Å². The standard InChI is InChI=1S/C18H23FN2O4/c1-5-24-16(22)13-6-7-15(14(19)12-13)20-8-10-21(11-9-20)17(23)25-18(2,3)4/h5-7,12H,1,8-11H2,2-4H3. The van der Waals surface area contributed by atoms with Crippen LogP contribution in [0, 0.1) is 5.82 Å². The third kappa shape index (κ3) is 4.95. The molecule has 136 valence electrons. The lowest BCUT2D eigenvalue weighted by atomic mass is 10.1. The minimum Gasteiger partial charge on any atom is -0.444 e. The Morgan fingerprint density at radius 3 is 2.36 bits per heavy atom. The summed E-state index contributed by atoms with van der Waals surface area (Å²) in [4.78, 5) is 27.1. The van der Waals surface area contributed by atoms with E-state index in [1.54, 1.807) is 4.90 Å². The molecule has 0 saturated carbocycles. The van der Waals surface area contributed by atoms with Gasteiger partial charge in [0.1, 0.15) is 11.4 Å². The minimum absolute atomic E-state index is 0.119.